The van der Waals surface area contributed by atoms with E-state index < -0.39 is 0 Å². The van der Waals surface area contributed by atoms with Crippen LogP contribution in [-0.2, 0) is 20.9 Å². The number of hydrogen-bond acceptors (Lipinski definition) is 4. The third kappa shape index (κ3) is 3.37. The van der Waals surface area contributed by atoms with Crippen molar-refractivity contribution >= 4 is 44.8 Å². The Morgan fingerprint density at radius 3 is 2.33 bits per heavy atom. The van der Waals surface area contributed by atoms with E-state index >= 15 is 0 Å². The number of aromatic nitrogens is 2. The van der Waals surface area contributed by atoms with Crippen molar-refractivity contribution in [1.82, 2.24) is 19.8 Å². The van der Waals surface area contributed by atoms with Crippen LogP contribution < -0.4 is 5.32 Å². The van der Waals surface area contributed by atoms with Crippen molar-refractivity contribution in [2.24, 2.45) is 0 Å². The van der Waals surface area contributed by atoms with Gasteiger partial charge in [-0.1, -0.05) is 36.4 Å². The summed E-state index contributed by atoms with van der Waals surface area (Å²) in [5.41, 5.74) is 4.38. The molecule has 4 aromatic rings. The summed E-state index contributed by atoms with van der Waals surface area (Å²) < 4.78 is 7.65. The Morgan fingerprint density at radius 1 is 0.818 bits per heavy atom. The molecular formula is C26H24N4O3. The van der Waals surface area contributed by atoms with Crippen molar-refractivity contribution in [3.05, 3.63) is 72.1 Å². The van der Waals surface area contributed by atoms with Gasteiger partial charge >= 0.3 is 0 Å². The highest BCUT2D eigenvalue weighted by Crippen LogP contribution is 2.38. The van der Waals surface area contributed by atoms with Crippen LogP contribution in [0.4, 0.5) is 0 Å². The predicted octanol–water partition coefficient (Wildman–Crippen LogP) is 3.02. The van der Waals surface area contributed by atoms with Gasteiger partial charge in [-0.05, 0) is 12.1 Å². The van der Waals surface area contributed by atoms with Crippen LogP contribution in [0.5, 0.6) is 0 Å². The van der Waals surface area contributed by atoms with Crippen molar-refractivity contribution in [3.8, 4) is 0 Å². The number of imide groups is 1. The zero-order valence-electron chi connectivity index (χ0n) is 18.1. The first-order chi connectivity index (χ1) is 16.2. The molecule has 6 rings (SSSR count). The summed E-state index contributed by atoms with van der Waals surface area (Å²) >= 11 is 0. The van der Waals surface area contributed by atoms with E-state index in [0.717, 1.165) is 72.3 Å². The van der Waals surface area contributed by atoms with E-state index in [2.05, 4.69) is 25.8 Å². The van der Waals surface area contributed by atoms with E-state index in [4.69, 9.17) is 4.74 Å². The number of nitrogens with zero attached hydrogens (tertiary/aromatic N) is 2. The van der Waals surface area contributed by atoms with Gasteiger partial charge in [0.1, 0.15) is 0 Å². The quantitative estimate of drug-likeness (QED) is 0.468. The van der Waals surface area contributed by atoms with Crippen LogP contribution in [0.3, 0.4) is 0 Å². The van der Waals surface area contributed by atoms with Gasteiger partial charge in [0.2, 0.25) is 0 Å². The Bertz CT molecular complexity index is 1420. The molecule has 7 heteroatoms. The number of carbonyl (C=O) groups is 2. The number of ether oxygens (including phenoxy) is 1. The Balaban J connectivity index is 1.48. The number of morpholine rings is 1. The van der Waals surface area contributed by atoms with E-state index in [-0.39, 0.29) is 11.8 Å². The van der Waals surface area contributed by atoms with Crippen LogP contribution >= 0.6 is 0 Å². The molecule has 33 heavy (non-hydrogen) atoms. The van der Waals surface area contributed by atoms with Gasteiger partial charge in [0.25, 0.3) is 11.8 Å². The van der Waals surface area contributed by atoms with Gasteiger partial charge in [-0.3, -0.25) is 19.8 Å². The Morgan fingerprint density at radius 2 is 1.52 bits per heavy atom. The van der Waals surface area contributed by atoms with E-state index in [9.17, 15) is 9.59 Å². The second-order valence-corrected chi connectivity index (χ2v) is 8.49. The molecule has 2 aliphatic heterocycles. The molecule has 0 atom stereocenters. The third-order valence-corrected chi connectivity index (χ3v) is 6.61. The zero-order valence-corrected chi connectivity index (χ0v) is 18.1. The van der Waals surface area contributed by atoms with Gasteiger partial charge in [0.15, 0.2) is 0 Å². The van der Waals surface area contributed by atoms with E-state index in [1.165, 1.54) is 0 Å². The average molecular weight is 441 g/mol. The van der Waals surface area contributed by atoms with E-state index in [1.807, 2.05) is 54.9 Å². The first kappa shape index (κ1) is 20.0. The maximum absolute atomic E-state index is 13.1. The van der Waals surface area contributed by atoms with Gasteiger partial charge in [-0.15, -0.1) is 0 Å². The summed E-state index contributed by atoms with van der Waals surface area (Å²) in [6, 6.07) is 15.9. The lowest BCUT2D eigenvalue weighted by Crippen LogP contribution is -2.38. The van der Waals surface area contributed by atoms with Crippen LogP contribution in [0.15, 0.2) is 60.9 Å². The number of amides is 2. The van der Waals surface area contributed by atoms with Crippen LogP contribution in [-0.4, -0.2) is 59.1 Å². The SMILES string of the molecule is O=C1NC(=O)C(c2cn(CCN3CCOCC3)c3ccccc23)=C1c1c[nH]c2ccccc12. The number of H-pyrrole nitrogens is 1. The van der Waals surface area contributed by atoms with Crippen molar-refractivity contribution in [2.75, 3.05) is 32.8 Å². The van der Waals surface area contributed by atoms with Crippen molar-refractivity contribution in [2.45, 2.75) is 6.54 Å². The summed E-state index contributed by atoms with van der Waals surface area (Å²) in [5, 5.41) is 4.42. The number of benzene rings is 2. The van der Waals surface area contributed by atoms with Gasteiger partial charge in [0.05, 0.1) is 24.4 Å². The van der Waals surface area contributed by atoms with Gasteiger partial charge in [-0.25, -0.2) is 0 Å². The summed E-state index contributed by atoms with van der Waals surface area (Å²) in [6.07, 6.45) is 3.84. The average Bonchev–Trinajstić information content (AvgIpc) is 3.51. The molecular weight excluding hydrogens is 416 g/mol. The maximum Gasteiger partial charge on any atom is 0.259 e. The number of rotatable bonds is 5. The smallest absolute Gasteiger partial charge is 0.259 e. The number of para-hydroxylation sites is 2. The number of carbonyl (C=O) groups excluding carboxylic acids is 2. The Hall–Kier alpha value is -3.68. The molecule has 7 nitrogen and oxygen atoms in total. The monoisotopic (exact) mass is 440 g/mol. The van der Waals surface area contributed by atoms with Crippen LogP contribution in [0, 0.1) is 0 Å². The first-order valence-electron chi connectivity index (χ1n) is 11.3. The summed E-state index contributed by atoms with van der Waals surface area (Å²) in [4.78, 5) is 31.6. The number of aromatic amines is 1. The molecule has 0 spiro atoms. The van der Waals surface area contributed by atoms with Gasteiger partial charge in [0, 0.05) is 71.5 Å². The summed E-state index contributed by atoms with van der Waals surface area (Å²) in [5.74, 6) is -0.707. The molecule has 166 valence electrons. The Labute approximate surface area is 190 Å². The fraction of sp³-hybridized carbons (Fsp3) is 0.231. The first-order valence-corrected chi connectivity index (χ1v) is 11.3. The minimum absolute atomic E-state index is 0.351. The van der Waals surface area contributed by atoms with Gasteiger partial charge < -0.3 is 14.3 Å². The predicted molar refractivity (Wildman–Crippen MR) is 127 cm³/mol. The topological polar surface area (TPSA) is 79.4 Å². The molecule has 1 fully saturated rings. The zero-order chi connectivity index (χ0) is 22.4. The second kappa shape index (κ2) is 8.03. The molecule has 0 bridgehead atoms. The molecule has 0 saturated carbocycles. The minimum atomic E-state index is -0.357. The Kier molecular flexibility index (Phi) is 4.86. The molecule has 2 aromatic heterocycles. The van der Waals surface area contributed by atoms with Crippen molar-refractivity contribution in [1.29, 1.82) is 0 Å². The summed E-state index contributed by atoms with van der Waals surface area (Å²) in [7, 11) is 0. The highest BCUT2D eigenvalue weighted by atomic mass is 16.5. The molecule has 2 amide bonds. The standard InChI is InChI=1S/C26H24N4O3/c31-25-23(19-15-27-21-7-3-1-5-17(19)21)24(26(32)28-25)20-16-30(22-8-4-2-6-18(20)22)10-9-29-11-13-33-14-12-29/h1-8,15-16,27H,9-14H2,(H,28,31,32). The van der Waals surface area contributed by atoms with Crippen molar-refractivity contribution in [3.63, 3.8) is 0 Å². The molecule has 2 aromatic carbocycles. The number of fused-ring (bicyclic) bond motifs is 2. The fourth-order valence-corrected chi connectivity index (χ4v) is 4.95. The van der Waals surface area contributed by atoms with E-state index in [1.54, 1.807) is 0 Å². The molecule has 4 heterocycles. The lowest BCUT2D eigenvalue weighted by Gasteiger charge is -2.26. The second-order valence-electron chi connectivity index (χ2n) is 8.49. The minimum Gasteiger partial charge on any atom is -0.379 e. The lowest BCUT2D eigenvalue weighted by atomic mass is 9.95. The highest BCUT2D eigenvalue weighted by Gasteiger charge is 2.35. The van der Waals surface area contributed by atoms with Gasteiger partial charge in [-0.2, -0.15) is 0 Å². The largest absolute Gasteiger partial charge is 0.379 e. The van der Waals surface area contributed by atoms with Crippen LogP contribution in [0.25, 0.3) is 33.0 Å². The number of nitrogens with one attached hydrogen (secondary N) is 2. The third-order valence-electron chi connectivity index (χ3n) is 6.61. The molecule has 1 saturated heterocycles. The van der Waals surface area contributed by atoms with Crippen LogP contribution in [0.1, 0.15) is 11.1 Å². The summed E-state index contributed by atoms with van der Waals surface area (Å²) in [6.45, 7) is 5.09. The molecule has 0 unspecified atom stereocenters. The molecule has 2 aliphatic rings. The van der Waals surface area contributed by atoms with Crippen LogP contribution in [0.2, 0.25) is 0 Å². The number of hydrogen-bond donors (Lipinski definition) is 2. The van der Waals surface area contributed by atoms with Crippen molar-refractivity contribution < 1.29 is 14.3 Å². The highest BCUT2D eigenvalue weighted by molar-refractivity contribution is 6.50. The lowest BCUT2D eigenvalue weighted by molar-refractivity contribution is -0.122. The molecule has 0 aliphatic carbocycles. The molecule has 0 radical (unpaired) electrons. The van der Waals surface area contributed by atoms with E-state index in [0.29, 0.717) is 11.1 Å². The maximum atomic E-state index is 13.1. The fourth-order valence-electron chi connectivity index (χ4n) is 4.95. The molecule has 2 N–H and O–H groups in total. The normalized spacial score (nSPS) is 17.5.